The van der Waals surface area contributed by atoms with Crippen LogP contribution in [0.25, 0.3) is 20.5 Å². The van der Waals surface area contributed by atoms with E-state index in [-0.39, 0.29) is 5.69 Å². The van der Waals surface area contributed by atoms with Crippen LogP contribution in [0, 0.1) is 5.92 Å². The number of hydrogen-bond acceptors (Lipinski definition) is 5. The minimum atomic E-state index is -0.542. The predicted molar refractivity (Wildman–Crippen MR) is 106 cm³/mol. The minimum absolute atomic E-state index is 0.248. The highest BCUT2D eigenvalue weighted by Crippen LogP contribution is 2.37. The van der Waals surface area contributed by atoms with E-state index in [0.717, 1.165) is 52.2 Å². The predicted octanol–water partition coefficient (Wildman–Crippen LogP) is 3.60. The van der Waals surface area contributed by atoms with Crippen molar-refractivity contribution in [1.29, 1.82) is 0 Å². The Labute approximate surface area is 160 Å². The van der Waals surface area contributed by atoms with Gasteiger partial charge in [-0.25, -0.2) is 0 Å². The van der Waals surface area contributed by atoms with Crippen molar-refractivity contribution in [2.75, 3.05) is 20.1 Å². The van der Waals surface area contributed by atoms with Gasteiger partial charge in [0.2, 0.25) is 0 Å². The summed E-state index contributed by atoms with van der Waals surface area (Å²) in [5, 5.41) is 10.2. The minimum Gasteiger partial charge on any atom is -0.364 e. The van der Waals surface area contributed by atoms with Crippen molar-refractivity contribution in [2.24, 2.45) is 11.7 Å². The number of primary amides is 1. The molecule has 5 nitrogen and oxygen atoms in total. The second-order valence-electron chi connectivity index (χ2n) is 6.84. The van der Waals surface area contributed by atoms with E-state index in [0.29, 0.717) is 10.9 Å². The molecule has 1 unspecified atom stereocenters. The molecule has 0 bridgehead atoms. The average Bonchev–Trinajstić information content (AvgIpc) is 3.22. The van der Waals surface area contributed by atoms with E-state index >= 15 is 0 Å². The van der Waals surface area contributed by atoms with E-state index in [1.165, 1.54) is 11.3 Å². The smallest absolute Gasteiger partial charge is 0.270 e. The standard InChI is InChI=1S/C19H19ClN4OS/c1-24-7-6-11(10-24)8-15-14-9-16(12-2-4-13(20)5-3-12)26-18(14)17(19(21)25)23-22-15/h2-5,9,11H,6-8,10H2,1H3,(H2,21,25). The number of amides is 1. The molecule has 2 aromatic heterocycles. The number of benzene rings is 1. The van der Waals surface area contributed by atoms with Gasteiger partial charge in [0, 0.05) is 21.8 Å². The number of nitrogens with two attached hydrogens (primary N) is 1. The Balaban J connectivity index is 1.79. The Morgan fingerprint density at radius 1 is 1.35 bits per heavy atom. The highest BCUT2D eigenvalue weighted by Gasteiger charge is 2.23. The zero-order valence-electron chi connectivity index (χ0n) is 14.4. The zero-order chi connectivity index (χ0) is 18.3. The third-order valence-corrected chi connectivity index (χ3v) is 6.30. The number of rotatable bonds is 4. The number of likely N-dealkylation sites (tertiary alicyclic amines) is 1. The maximum absolute atomic E-state index is 11.8. The molecule has 0 saturated carbocycles. The Kier molecular flexibility index (Phi) is 4.65. The lowest BCUT2D eigenvalue weighted by Gasteiger charge is -2.10. The quantitative estimate of drug-likeness (QED) is 0.743. The van der Waals surface area contributed by atoms with Crippen molar-refractivity contribution in [3.63, 3.8) is 0 Å². The molecular weight excluding hydrogens is 368 g/mol. The molecule has 26 heavy (non-hydrogen) atoms. The van der Waals surface area contributed by atoms with E-state index in [4.69, 9.17) is 17.3 Å². The first-order valence-corrected chi connectivity index (χ1v) is 9.74. The number of nitrogens with zero attached hydrogens (tertiary/aromatic N) is 3. The molecular formula is C19H19ClN4OS. The topological polar surface area (TPSA) is 72.1 Å². The van der Waals surface area contributed by atoms with Crippen molar-refractivity contribution in [1.82, 2.24) is 15.1 Å². The first-order valence-electron chi connectivity index (χ1n) is 8.54. The third-order valence-electron chi connectivity index (χ3n) is 4.86. The van der Waals surface area contributed by atoms with Crippen LogP contribution < -0.4 is 5.73 Å². The Morgan fingerprint density at radius 3 is 2.77 bits per heavy atom. The Morgan fingerprint density at radius 2 is 2.12 bits per heavy atom. The molecule has 1 amide bonds. The summed E-state index contributed by atoms with van der Waals surface area (Å²) in [5.41, 5.74) is 7.77. The molecule has 1 saturated heterocycles. The summed E-state index contributed by atoms with van der Waals surface area (Å²) in [5.74, 6) is 0.0231. The summed E-state index contributed by atoms with van der Waals surface area (Å²) in [6.07, 6.45) is 2.02. The van der Waals surface area contributed by atoms with Crippen molar-refractivity contribution in [2.45, 2.75) is 12.8 Å². The summed E-state index contributed by atoms with van der Waals surface area (Å²) in [7, 11) is 2.14. The van der Waals surface area contributed by atoms with Crippen LogP contribution in [-0.2, 0) is 6.42 Å². The number of aromatic nitrogens is 2. The second kappa shape index (κ2) is 6.95. The van der Waals surface area contributed by atoms with Crippen LogP contribution in [0.1, 0.15) is 22.6 Å². The third kappa shape index (κ3) is 3.32. The molecule has 1 aliphatic heterocycles. The van der Waals surface area contributed by atoms with Crippen molar-refractivity contribution in [3.8, 4) is 10.4 Å². The number of hydrogen-bond donors (Lipinski definition) is 1. The lowest BCUT2D eigenvalue weighted by molar-refractivity contribution is 0.0996. The van der Waals surface area contributed by atoms with Gasteiger partial charge >= 0.3 is 0 Å². The largest absolute Gasteiger partial charge is 0.364 e. The molecule has 7 heteroatoms. The summed E-state index contributed by atoms with van der Waals surface area (Å²) < 4.78 is 0.818. The molecule has 3 aromatic rings. The highest BCUT2D eigenvalue weighted by atomic mass is 35.5. The molecule has 1 aromatic carbocycles. The summed E-state index contributed by atoms with van der Waals surface area (Å²) in [4.78, 5) is 15.2. The molecule has 1 atom stereocenters. The van der Waals surface area contributed by atoms with Crippen LogP contribution in [0.4, 0.5) is 0 Å². The molecule has 0 aliphatic carbocycles. The molecule has 3 heterocycles. The van der Waals surface area contributed by atoms with Gasteiger partial charge in [-0.3, -0.25) is 4.79 Å². The van der Waals surface area contributed by atoms with Gasteiger partial charge in [0.1, 0.15) is 0 Å². The van der Waals surface area contributed by atoms with Crippen molar-refractivity contribution >= 4 is 38.9 Å². The van der Waals surface area contributed by atoms with Crippen LogP contribution in [0.15, 0.2) is 30.3 Å². The van der Waals surface area contributed by atoms with E-state index in [1.54, 1.807) is 0 Å². The summed E-state index contributed by atoms with van der Waals surface area (Å²) in [6.45, 7) is 2.18. The Hall–Kier alpha value is -2.02. The van der Waals surface area contributed by atoms with Gasteiger partial charge in [0.15, 0.2) is 5.69 Å². The van der Waals surface area contributed by atoms with Crippen LogP contribution in [0.2, 0.25) is 5.02 Å². The molecule has 1 aliphatic rings. The number of fused-ring (bicyclic) bond motifs is 1. The first kappa shape index (κ1) is 17.4. The van der Waals surface area contributed by atoms with Crippen molar-refractivity contribution in [3.05, 3.63) is 46.7 Å². The van der Waals surface area contributed by atoms with Gasteiger partial charge in [-0.1, -0.05) is 23.7 Å². The molecule has 2 N–H and O–H groups in total. The van der Waals surface area contributed by atoms with Crippen LogP contribution >= 0.6 is 22.9 Å². The first-order chi connectivity index (χ1) is 12.5. The van der Waals surface area contributed by atoms with Crippen LogP contribution in [0.5, 0.6) is 0 Å². The number of thiophene rings is 1. The van der Waals surface area contributed by atoms with E-state index in [1.807, 2.05) is 24.3 Å². The second-order valence-corrected chi connectivity index (χ2v) is 8.33. The maximum Gasteiger partial charge on any atom is 0.270 e. The van der Waals surface area contributed by atoms with E-state index < -0.39 is 5.91 Å². The fraction of sp³-hybridized carbons (Fsp3) is 0.316. The summed E-state index contributed by atoms with van der Waals surface area (Å²) >= 11 is 7.52. The van der Waals surface area contributed by atoms with Gasteiger partial charge in [-0.2, -0.15) is 5.10 Å². The van der Waals surface area contributed by atoms with Gasteiger partial charge in [-0.15, -0.1) is 16.4 Å². The Bertz CT molecular complexity index is 970. The lowest BCUT2D eigenvalue weighted by atomic mass is 10.00. The van der Waals surface area contributed by atoms with Gasteiger partial charge < -0.3 is 10.6 Å². The molecule has 0 spiro atoms. The maximum atomic E-state index is 11.8. The summed E-state index contributed by atoms with van der Waals surface area (Å²) in [6, 6.07) is 9.77. The SMILES string of the molecule is CN1CCC(Cc2nnc(C(N)=O)c3sc(-c4ccc(Cl)cc4)cc23)C1. The fourth-order valence-electron chi connectivity index (χ4n) is 3.53. The lowest BCUT2D eigenvalue weighted by Crippen LogP contribution is -2.17. The highest BCUT2D eigenvalue weighted by molar-refractivity contribution is 7.22. The number of halogens is 1. The molecule has 1 fully saturated rings. The number of carbonyl (C=O) groups is 1. The number of carbonyl (C=O) groups excluding carboxylic acids is 1. The van der Waals surface area contributed by atoms with E-state index in [9.17, 15) is 4.79 Å². The molecule has 4 rings (SSSR count). The fourth-order valence-corrected chi connectivity index (χ4v) is 4.83. The monoisotopic (exact) mass is 386 g/mol. The van der Waals surface area contributed by atoms with Crippen molar-refractivity contribution < 1.29 is 4.79 Å². The van der Waals surface area contributed by atoms with Crippen LogP contribution in [-0.4, -0.2) is 41.1 Å². The molecule has 0 radical (unpaired) electrons. The molecule has 134 valence electrons. The van der Waals surface area contributed by atoms with Gasteiger partial charge in [0.05, 0.1) is 10.4 Å². The van der Waals surface area contributed by atoms with Gasteiger partial charge in [-0.05, 0) is 56.1 Å². The van der Waals surface area contributed by atoms with Crippen LogP contribution in [0.3, 0.4) is 0 Å². The zero-order valence-corrected chi connectivity index (χ0v) is 16.0. The van der Waals surface area contributed by atoms with E-state index in [2.05, 4.69) is 28.2 Å². The normalized spacial score (nSPS) is 17.8. The van der Waals surface area contributed by atoms with Gasteiger partial charge in [0.25, 0.3) is 5.91 Å². The average molecular weight is 387 g/mol.